The van der Waals surface area contributed by atoms with Gasteiger partial charge < -0.3 is 24.1 Å². The average molecular weight is 553 g/mol. The van der Waals surface area contributed by atoms with E-state index in [0.29, 0.717) is 25.2 Å². The number of fused-ring (bicyclic) bond motifs is 1. The minimum absolute atomic E-state index is 0.00570. The van der Waals surface area contributed by atoms with Crippen molar-refractivity contribution in [2.45, 2.75) is 44.9 Å². The lowest BCUT2D eigenvalue weighted by atomic mass is 9.99. The van der Waals surface area contributed by atoms with Crippen molar-refractivity contribution in [3.63, 3.8) is 0 Å². The molecule has 0 bridgehead atoms. The Morgan fingerprint density at radius 3 is 2.59 bits per heavy atom. The molecule has 37 heavy (non-hydrogen) atoms. The van der Waals surface area contributed by atoms with Crippen LogP contribution in [0, 0.1) is 0 Å². The van der Waals surface area contributed by atoms with Crippen molar-refractivity contribution in [2.75, 3.05) is 39.6 Å². The number of allylic oxidation sites excluding steroid dienone is 3. The molecule has 202 valence electrons. The van der Waals surface area contributed by atoms with E-state index in [1.807, 2.05) is 18.2 Å². The molecule has 11 heteroatoms. The van der Waals surface area contributed by atoms with Gasteiger partial charge in [0.05, 0.1) is 17.3 Å². The van der Waals surface area contributed by atoms with Crippen molar-refractivity contribution >= 4 is 36.6 Å². The zero-order valence-corrected chi connectivity index (χ0v) is 22.9. The predicted molar refractivity (Wildman–Crippen MR) is 143 cm³/mol. The highest BCUT2D eigenvalue weighted by Gasteiger charge is 2.27. The first-order valence-corrected chi connectivity index (χ1v) is 15.3. The van der Waals surface area contributed by atoms with Gasteiger partial charge in [-0.05, 0) is 50.2 Å². The van der Waals surface area contributed by atoms with E-state index in [9.17, 15) is 19.3 Å². The van der Waals surface area contributed by atoms with E-state index in [1.54, 1.807) is 11.0 Å². The average Bonchev–Trinajstić information content (AvgIpc) is 2.84. The first-order valence-electron chi connectivity index (χ1n) is 12.4. The van der Waals surface area contributed by atoms with E-state index in [0.717, 1.165) is 38.2 Å². The number of likely N-dealkylation sites (tertiary alicyclic amines) is 1. The molecule has 9 nitrogen and oxygen atoms in total. The molecule has 0 radical (unpaired) electrons. The number of hydrogen-bond acceptors (Lipinski definition) is 8. The number of aromatic hydroxyl groups is 1. The second kappa shape index (κ2) is 13.7. The molecule has 1 aromatic carbocycles. The summed E-state index contributed by atoms with van der Waals surface area (Å²) in [7, 11) is -3.03. The molecular formula is C26H34ClN2O7P. The number of phenolic OH excluding ortho intramolecular Hbond substituents is 1. The van der Waals surface area contributed by atoms with Crippen molar-refractivity contribution < 1.29 is 33.4 Å². The van der Waals surface area contributed by atoms with Crippen LogP contribution >= 0.6 is 19.0 Å². The number of phenols is 1. The van der Waals surface area contributed by atoms with Crippen molar-refractivity contribution in [3.05, 3.63) is 46.5 Å². The quantitative estimate of drug-likeness (QED) is 0.227. The second-order valence-electron chi connectivity index (χ2n) is 9.25. The van der Waals surface area contributed by atoms with Gasteiger partial charge in [0.1, 0.15) is 17.1 Å². The summed E-state index contributed by atoms with van der Waals surface area (Å²) in [5.41, 5.74) is 0.430. The summed E-state index contributed by atoms with van der Waals surface area (Å²) in [6.07, 6.45) is 12.6. The van der Waals surface area contributed by atoms with Gasteiger partial charge in [0, 0.05) is 38.9 Å². The van der Waals surface area contributed by atoms with Gasteiger partial charge >= 0.3 is 5.97 Å². The third-order valence-electron chi connectivity index (χ3n) is 5.76. The third kappa shape index (κ3) is 8.93. The minimum Gasteiger partial charge on any atom is -0.507 e. The fraction of sp³-hybridized carbons (Fsp3) is 0.500. The van der Waals surface area contributed by atoms with Crippen LogP contribution in [0.1, 0.15) is 54.4 Å². The van der Waals surface area contributed by atoms with Crippen LogP contribution in [-0.2, 0) is 25.4 Å². The number of nitrogens with zero attached hydrogens (tertiary/aromatic N) is 2. The summed E-state index contributed by atoms with van der Waals surface area (Å²) >= 11 is 6.62. The third-order valence-corrected chi connectivity index (χ3v) is 6.81. The standard InChI is InChI=1S/C26H34ClN2O7P/c1-37(2,33)36-22-17-21(30)24-20(25(22)27)16-19(12-8-5-3-4-6-11-15-34-26(24)32)28-35-18-23(31)29-13-9-7-10-14-29/h4,6,8,12,17,30H,3,5,7,9-11,13-16,18H2,1-2H3/b6-4+,12-8+,28-19+. The Balaban J connectivity index is 1.95. The molecule has 0 atom stereocenters. The van der Waals surface area contributed by atoms with E-state index in [1.165, 1.54) is 13.3 Å². The molecule has 0 unspecified atom stereocenters. The summed E-state index contributed by atoms with van der Waals surface area (Å²) in [6, 6.07) is 1.16. The van der Waals surface area contributed by atoms with Gasteiger partial charge in [0.15, 0.2) is 6.61 Å². The molecule has 0 aromatic heterocycles. The lowest BCUT2D eigenvalue weighted by Crippen LogP contribution is -2.37. The smallest absolute Gasteiger partial charge is 0.342 e. The topological polar surface area (TPSA) is 115 Å². The first-order chi connectivity index (χ1) is 17.7. The van der Waals surface area contributed by atoms with Gasteiger partial charge in [-0.1, -0.05) is 35.0 Å². The molecule has 1 amide bonds. The molecule has 2 aliphatic heterocycles. The predicted octanol–water partition coefficient (Wildman–Crippen LogP) is 5.34. The Kier molecular flexibility index (Phi) is 10.6. The summed E-state index contributed by atoms with van der Waals surface area (Å²) in [6.45, 7) is 4.15. The molecule has 1 fully saturated rings. The number of esters is 1. The number of hydrogen-bond donors (Lipinski definition) is 1. The van der Waals surface area contributed by atoms with Gasteiger partial charge in [-0.3, -0.25) is 9.36 Å². The fourth-order valence-corrected chi connectivity index (χ4v) is 4.94. The highest BCUT2D eigenvalue weighted by Crippen LogP contribution is 2.46. The Hall–Kier alpha value is -2.77. The van der Waals surface area contributed by atoms with Crippen LogP contribution < -0.4 is 4.52 Å². The van der Waals surface area contributed by atoms with Crippen LogP contribution in [0.15, 0.2) is 35.5 Å². The molecule has 0 spiro atoms. The van der Waals surface area contributed by atoms with Crippen LogP contribution in [-0.4, -0.2) is 67.2 Å². The molecule has 1 N–H and O–H groups in total. The van der Waals surface area contributed by atoms with Crippen LogP contribution in [0.3, 0.4) is 0 Å². The second-order valence-corrected chi connectivity index (χ2v) is 12.3. The number of oxime groups is 1. The van der Waals surface area contributed by atoms with Crippen molar-refractivity contribution in [1.29, 1.82) is 0 Å². The number of piperidine rings is 1. The zero-order chi connectivity index (χ0) is 26.8. The number of rotatable bonds is 5. The van der Waals surface area contributed by atoms with Gasteiger partial charge in [-0.25, -0.2) is 4.79 Å². The maximum Gasteiger partial charge on any atom is 0.342 e. The van der Waals surface area contributed by atoms with Gasteiger partial charge in [0.25, 0.3) is 5.91 Å². The van der Waals surface area contributed by atoms with E-state index < -0.39 is 19.1 Å². The summed E-state index contributed by atoms with van der Waals surface area (Å²) in [5.74, 6) is -1.34. The number of carbonyl (C=O) groups excluding carboxylic acids is 2. The van der Waals surface area contributed by atoms with Crippen molar-refractivity contribution in [3.8, 4) is 11.5 Å². The molecule has 0 aliphatic carbocycles. The maximum atomic E-state index is 12.9. The normalized spacial score (nSPS) is 20.4. The summed E-state index contributed by atoms with van der Waals surface area (Å²) in [4.78, 5) is 32.6. The summed E-state index contributed by atoms with van der Waals surface area (Å²) in [5, 5.41) is 14.9. The molecule has 1 aromatic rings. The van der Waals surface area contributed by atoms with Crippen LogP contribution in [0.2, 0.25) is 5.02 Å². The Bertz CT molecular complexity index is 1120. The highest BCUT2D eigenvalue weighted by molar-refractivity contribution is 7.57. The molecule has 1 saturated heterocycles. The largest absolute Gasteiger partial charge is 0.507 e. The van der Waals surface area contributed by atoms with Gasteiger partial charge in [0.2, 0.25) is 7.37 Å². The van der Waals surface area contributed by atoms with E-state index in [4.69, 9.17) is 25.7 Å². The molecule has 2 aliphatic rings. The van der Waals surface area contributed by atoms with Crippen LogP contribution in [0.25, 0.3) is 0 Å². The minimum atomic E-state index is -3.03. The Labute approximate surface area is 222 Å². The van der Waals surface area contributed by atoms with Crippen molar-refractivity contribution in [2.24, 2.45) is 5.16 Å². The lowest BCUT2D eigenvalue weighted by molar-refractivity contribution is -0.137. The van der Waals surface area contributed by atoms with Crippen LogP contribution in [0.5, 0.6) is 11.5 Å². The highest BCUT2D eigenvalue weighted by atomic mass is 35.5. The number of benzene rings is 1. The van der Waals surface area contributed by atoms with E-state index in [2.05, 4.69) is 5.16 Å². The summed E-state index contributed by atoms with van der Waals surface area (Å²) < 4.78 is 23.2. The van der Waals surface area contributed by atoms with E-state index >= 15 is 0 Å². The number of amides is 1. The number of cyclic esters (lactones) is 1. The zero-order valence-electron chi connectivity index (χ0n) is 21.3. The molecule has 0 saturated carbocycles. The fourth-order valence-electron chi connectivity index (χ4n) is 4.02. The molecule has 3 rings (SSSR count). The number of ether oxygens (including phenoxy) is 1. The lowest BCUT2D eigenvalue weighted by Gasteiger charge is -2.26. The Morgan fingerprint density at radius 2 is 1.86 bits per heavy atom. The number of halogens is 1. The SMILES string of the molecule is CP(C)(=O)Oc1cc(O)c2c(c1Cl)CC(=N/OCC(=O)N1CCCCC1)/C=C/CC/C=C/CCOC2=O. The number of carbonyl (C=O) groups is 2. The van der Waals surface area contributed by atoms with E-state index in [-0.39, 0.29) is 47.4 Å². The van der Waals surface area contributed by atoms with Crippen LogP contribution in [0.4, 0.5) is 0 Å². The van der Waals surface area contributed by atoms with Gasteiger partial charge in [-0.2, -0.15) is 0 Å². The monoisotopic (exact) mass is 552 g/mol. The molecular weight excluding hydrogens is 519 g/mol. The van der Waals surface area contributed by atoms with Gasteiger partial charge in [-0.15, -0.1) is 0 Å². The first kappa shape index (κ1) is 28.8. The molecule has 2 heterocycles. The maximum absolute atomic E-state index is 12.9. The Morgan fingerprint density at radius 1 is 1.16 bits per heavy atom. The van der Waals surface area contributed by atoms with Crippen molar-refractivity contribution in [1.82, 2.24) is 4.90 Å².